The lowest BCUT2D eigenvalue weighted by atomic mass is 10.1. The van der Waals surface area contributed by atoms with E-state index in [2.05, 4.69) is 34.7 Å². The Kier molecular flexibility index (Phi) is 4.04. The molecule has 0 fully saturated rings. The van der Waals surface area contributed by atoms with Gasteiger partial charge in [-0.3, -0.25) is 4.40 Å². The number of thiazole rings is 1. The Morgan fingerprint density at radius 1 is 1.44 bits per heavy atom. The number of hydrogen-bond acceptors (Lipinski definition) is 4. The molecule has 2 rings (SSSR count). The van der Waals surface area contributed by atoms with Crippen LogP contribution in [0.1, 0.15) is 36.5 Å². The largest absolute Gasteiger partial charge is 0.393 e. The number of nitrogens with one attached hydrogen (secondary N) is 1. The highest BCUT2D eigenvalue weighted by Gasteiger charge is 2.12. The summed E-state index contributed by atoms with van der Waals surface area (Å²) in [5.41, 5.74) is 2.30. The number of aryl methyl sites for hydroxylation is 2. The number of nitrogens with zero attached hydrogens (tertiary/aromatic N) is 2. The third kappa shape index (κ3) is 2.91. The van der Waals surface area contributed by atoms with E-state index in [9.17, 15) is 5.11 Å². The van der Waals surface area contributed by atoms with Crippen molar-refractivity contribution >= 4 is 16.3 Å². The summed E-state index contributed by atoms with van der Waals surface area (Å²) < 4.78 is 2.16. The molecule has 2 atom stereocenters. The molecule has 18 heavy (non-hydrogen) atoms. The van der Waals surface area contributed by atoms with E-state index < -0.39 is 0 Å². The second kappa shape index (κ2) is 5.38. The van der Waals surface area contributed by atoms with Crippen molar-refractivity contribution in [2.75, 3.05) is 0 Å². The van der Waals surface area contributed by atoms with Crippen molar-refractivity contribution < 1.29 is 5.11 Å². The van der Waals surface area contributed by atoms with Crippen LogP contribution in [-0.4, -0.2) is 26.6 Å². The minimum Gasteiger partial charge on any atom is -0.393 e. The van der Waals surface area contributed by atoms with Crippen LogP contribution >= 0.6 is 11.3 Å². The van der Waals surface area contributed by atoms with Gasteiger partial charge in [0.05, 0.1) is 17.5 Å². The molecule has 0 amide bonds. The fourth-order valence-electron chi connectivity index (χ4n) is 2.19. The Morgan fingerprint density at radius 3 is 2.83 bits per heavy atom. The minimum absolute atomic E-state index is 0.262. The van der Waals surface area contributed by atoms with Crippen molar-refractivity contribution in [2.45, 2.75) is 52.8 Å². The highest BCUT2D eigenvalue weighted by Crippen LogP contribution is 2.20. The van der Waals surface area contributed by atoms with Crippen molar-refractivity contribution in [3.05, 3.63) is 22.5 Å². The Bertz CT molecular complexity index is 530. The standard InChI is InChI=1S/C13H21N3OS/c1-8(5-9(2)17)14-6-12-11(4)15-13-16(12)7-10(3)18-13/h7-9,14,17H,5-6H2,1-4H3. The normalized spacial score (nSPS) is 15.2. The van der Waals surface area contributed by atoms with E-state index in [4.69, 9.17) is 0 Å². The molecule has 2 aromatic rings. The van der Waals surface area contributed by atoms with Crippen LogP contribution in [0, 0.1) is 13.8 Å². The van der Waals surface area contributed by atoms with Gasteiger partial charge in [0.1, 0.15) is 0 Å². The maximum absolute atomic E-state index is 9.35. The summed E-state index contributed by atoms with van der Waals surface area (Å²) in [5.74, 6) is 0. The van der Waals surface area contributed by atoms with E-state index in [0.29, 0.717) is 6.04 Å². The number of aromatic nitrogens is 2. The van der Waals surface area contributed by atoms with E-state index in [1.807, 2.05) is 13.8 Å². The molecule has 5 heteroatoms. The quantitative estimate of drug-likeness (QED) is 0.873. The molecule has 0 spiro atoms. The average Bonchev–Trinajstić information content (AvgIpc) is 2.70. The third-order valence-electron chi connectivity index (χ3n) is 3.05. The van der Waals surface area contributed by atoms with Gasteiger partial charge in [-0.25, -0.2) is 4.98 Å². The van der Waals surface area contributed by atoms with Crippen LogP contribution in [-0.2, 0) is 6.54 Å². The Hall–Kier alpha value is -0.910. The molecule has 0 saturated heterocycles. The minimum atomic E-state index is -0.262. The van der Waals surface area contributed by atoms with Crippen LogP contribution in [0.2, 0.25) is 0 Å². The summed E-state index contributed by atoms with van der Waals surface area (Å²) in [4.78, 5) is 6.90. The fraction of sp³-hybridized carbons (Fsp3) is 0.615. The van der Waals surface area contributed by atoms with Crippen molar-refractivity contribution in [1.82, 2.24) is 14.7 Å². The molecule has 0 bridgehead atoms. The lowest BCUT2D eigenvalue weighted by molar-refractivity contribution is 0.170. The molecular weight excluding hydrogens is 246 g/mol. The number of aliphatic hydroxyl groups excluding tert-OH is 1. The predicted molar refractivity (Wildman–Crippen MR) is 75.1 cm³/mol. The summed E-state index contributed by atoms with van der Waals surface area (Å²) in [6.07, 6.45) is 2.64. The van der Waals surface area contributed by atoms with Gasteiger partial charge in [-0.1, -0.05) is 0 Å². The van der Waals surface area contributed by atoms with Crippen molar-refractivity contribution in [1.29, 1.82) is 0 Å². The van der Waals surface area contributed by atoms with Crippen molar-refractivity contribution in [2.24, 2.45) is 0 Å². The van der Waals surface area contributed by atoms with Crippen LogP contribution in [0.3, 0.4) is 0 Å². The van der Waals surface area contributed by atoms with Crippen LogP contribution in [0.15, 0.2) is 6.20 Å². The van der Waals surface area contributed by atoms with Crippen LogP contribution in [0.5, 0.6) is 0 Å². The highest BCUT2D eigenvalue weighted by atomic mass is 32.1. The van der Waals surface area contributed by atoms with Gasteiger partial charge < -0.3 is 10.4 Å². The molecule has 2 N–H and O–H groups in total. The zero-order chi connectivity index (χ0) is 13.3. The molecule has 0 radical (unpaired) electrons. The molecule has 4 nitrogen and oxygen atoms in total. The van der Waals surface area contributed by atoms with Gasteiger partial charge in [0.15, 0.2) is 4.96 Å². The number of hydrogen-bond donors (Lipinski definition) is 2. The first-order chi connectivity index (χ1) is 8.47. The maximum atomic E-state index is 9.35. The molecule has 0 aromatic carbocycles. The zero-order valence-electron chi connectivity index (χ0n) is 11.4. The Balaban J connectivity index is 2.08. The lowest BCUT2D eigenvalue weighted by Gasteiger charge is -2.15. The molecule has 2 unspecified atom stereocenters. The lowest BCUT2D eigenvalue weighted by Crippen LogP contribution is -2.29. The second-order valence-corrected chi connectivity index (χ2v) is 6.22. The first-order valence-corrected chi connectivity index (χ1v) is 7.14. The molecule has 0 aliphatic heterocycles. The van der Waals surface area contributed by atoms with E-state index >= 15 is 0 Å². The zero-order valence-corrected chi connectivity index (χ0v) is 12.2. The van der Waals surface area contributed by atoms with E-state index in [1.54, 1.807) is 11.3 Å². The van der Waals surface area contributed by atoms with Gasteiger partial charge in [0.2, 0.25) is 0 Å². The topological polar surface area (TPSA) is 49.6 Å². The molecule has 100 valence electrons. The fourth-order valence-corrected chi connectivity index (χ4v) is 3.08. The molecule has 0 aliphatic rings. The van der Waals surface area contributed by atoms with E-state index in [1.165, 1.54) is 10.6 Å². The monoisotopic (exact) mass is 267 g/mol. The molecular formula is C13H21N3OS. The van der Waals surface area contributed by atoms with E-state index in [-0.39, 0.29) is 6.10 Å². The highest BCUT2D eigenvalue weighted by molar-refractivity contribution is 7.17. The van der Waals surface area contributed by atoms with Crippen LogP contribution in [0.4, 0.5) is 0 Å². The van der Waals surface area contributed by atoms with Gasteiger partial charge in [0.25, 0.3) is 0 Å². The second-order valence-electron chi connectivity index (χ2n) is 5.00. The number of rotatable bonds is 5. The first kappa shape index (κ1) is 13.5. The van der Waals surface area contributed by atoms with Crippen molar-refractivity contribution in [3.8, 4) is 0 Å². The third-order valence-corrected chi connectivity index (χ3v) is 3.95. The summed E-state index contributed by atoms with van der Waals surface area (Å²) in [5, 5.41) is 12.8. The summed E-state index contributed by atoms with van der Waals surface area (Å²) >= 11 is 1.72. The molecule has 2 heterocycles. The van der Waals surface area contributed by atoms with Crippen molar-refractivity contribution in [3.63, 3.8) is 0 Å². The smallest absolute Gasteiger partial charge is 0.194 e. The van der Waals surface area contributed by atoms with Gasteiger partial charge in [-0.05, 0) is 34.1 Å². The average molecular weight is 267 g/mol. The number of imidazole rings is 1. The molecule has 2 aromatic heterocycles. The molecule has 0 aliphatic carbocycles. The SMILES string of the molecule is Cc1cn2c(CNC(C)CC(C)O)c(C)nc2s1. The summed E-state index contributed by atoms with van der Waals surface area (Å²) in [6.45, 7) is 8.85. The van der Waals surface area contributed by atoms with Crippen LogP contribution < -0.4 is 5.32 Å². The van der Waals surface area contributed by atoms with Gasteiger partial charge in [-0.15, -0.1) is 11.3 Å². The first-order valence-electron chi connectivity index (χ1n) is 6.32. The summed E-state index contributed by atoms with van der Waals surface area (Å²) in [7, 11) is 0. The molecule has 0 saturated carbocycles. The number of aliphatic hydroxyl groups is 1. The van der Waals surface area contributed by atoms with E-state index in [0.717, 1.165) is 23.6 Å². The summed E-state index contributed by atoms with van der Waals surface area (Å²) in [6, 6.07) is 0.301. The maximum Gasteiger partial charge on any atom is 0.194 e. The number of fused-ring (bicyclic) bond motifs is 1. The Morgan fingerprint density at radius 2 is 2.17 bits per heavy atom. The predicted octanol–water partition coefficient (Wildman–Crippen LogP) is 2.26. The van der Waals surface area contributed by atoms with Crippen LogP contribution in [0.25, 0.3) is 4.96 Å². The Labute approximate surface area is 112 Å². The van der Waals surface area contributed by atoms with Gasteiger partial charge in [0, 0.05) is 23.7 Å². The van der Waals surface area contributed by atoms with Gasteiger partial charge in [-0.2, -0.15) is 0 Å². The van der Waals surface area contributed by atoms with Gasteiger partial charge >= 0.3 is 0 Å².